The number of hydrogen-bond acceptors (Lipinski definition) is 4. The summed E-state index contributed by atoms with van der Waals surface area (Å²) in [6.07, 6.45) is 0. The molecular formula is C25H24O5. The van der Waals surface area contributed by atoms with Gasteiger partial charge >= 0.3 is 5.97 Å². The van der Waals surface area contributed by atoms with Crippen molar-refractivity contribution in [2.75, 3.05) is 13.2 Å². The zero-order valence-corrected chi connectivity index (χ0v) is 16.8. The Morgan fingerprint density at radius 2 is 1.27 bits per heavy atom. The first kappa shape index (κ1) is 21.0. The third-order valence-corrected chi connectivity index (χ3v) is 4.44. The molecule has 0 aromatic heterocycles. The van der Waals surface area contributed by atoms with Crippen LogP contribution in [-0.4, -0.2) is 24.3 Å². The lowest BCUT2D eigenvalue weighted by Gasteiger charge is -2.12. The van der Waals surface area contributed by atoms with Crippen LogP contribution in [0.2, 0.25) is 0 Å². The molecule has 0 aliphatic rings. The van der Waals surface area contributed by atoms with Crippen molar-refractivity contribution < 1.29 is 24.1 Å². The number of carboxylic acids is 1. The van der Waals surface area contributed by atoms with Crippen molar-refractivity contribution in [1.29, 1.82) is 0 Å². The molecule has 3 rings (SSSR count). The Bertz CT molecular complexity index is 963. The first-order chi connectivity index (χ1) is 14.5. The maximum atomic E-state index is 11.0. The van der Waals surface area contributed by atoms with E-state index in [1.54, 1.807) is 31.2 Å². The fourth-order valence-electron chi connectivity index (χ4n) is 2.64. The summed E-state index contributed by atoms with van der Waals surface area (Å²) in [6, 6.07) is 24.0. The molecule has 0 aliphatic carbocycles. The SMILES string of the molecule is C=C(COc1ccc(Oc2ccccc2)cc1)COc1ccc(C(C)C(=O)O)cc1. The van der Waals surface area contributed by atoms with Crippen molar-refractivity contribution in [3.05, 3.63) is 96.6 Å². The number of carboxylic acid groups (broad SMARTS) is 1. The Hall–Kier alpha value is -3.73. The summed E-state index contributed by atoms with van der Waals surface area (Å²) < 4.78 is 17.2. The largest absolute Gasteiger partial charge is 0.489 e. The van der Waals surface area contributed by atoms with Crippen LogP contribution in [0.3, 0.4) is 0 Å². The summed E-state index contributed by atoms with van der Waals surface area (Å²) in [4.78, 5) is 11.0. The quantitative estimate of drug-likeness (QED) is 0.440. The van der Waals surface area contributed by atoms with Crippen LogP contribution in [-0.2, 0) is 4.79 Å². The van der Waals surface area contributed by atoms with Gasteiger partial charge in [-0.1, -0.05) is 36.9 Å². The molecule has 5 nitrogen and oxygen atoms in total. The fraction of sp³-hybridized carbons (Fsp3) is 0.160. The Labute approximate surface area is 176 Å². The highest BCUT2D eigenvalue weighted by atomic mass is 16.5. The summed E-state index contributed by atoms with van der Waals surface area (Å²) in [7, 11) is 0. The van der Waals surface area contributed by atoms with Crippen LogP contribution < -0.4 is 14.2 Å². The maximum absolute atomic E-state index is 11.0. The second-order valence-electron chi connectivity index (χ2n) is 6.84. The molecule has 1 atom stereocenters. The van der Waals surface area contributed by atoms with Crippen molar-refractivity contribution in [3.8, 4) is 23.0 Å². The van der Waals surface area contributed by atoms with Gasteiger partial charge in [0.2, 0.25) is 0 Å². The molecule has 0 heterocycles. The van der Waals surface area contributed by atoms with Gasteiger partial charge in [-0.15, -0.1) is 0 Å². The van der Waals surface area contributed by atoms with Crippen LogP contribution in [0, 0.1) is 0 Å². The van der Waals surface area contributed by atoms with Gasteiger partial charge < -0.3 is 19.3 Å². The van der Waals surface area contributed by atoms with E-state index in [4.69, 9.17) is 19.3 Å². The number of para-hydroxylation sites is 1. The van der Waals surface area contributed by atoms with Crippen molar-refractivity contribution in [1.82, 2.24) is 0 Å². The summed E-state index contributed by atoms with van der Waals surface area (Å²) in [6.45, 7) is 6.26. The minimum atomic E-state index is -0.853. The van der Waals surface area contributed by atoms with Crippen LogP contribution in [0.5, 0.6) is 23.0 Å². The molecule has 3 aromatic carbocycles. The highest BCUT2D eigenvalue weighted by Crippen LogP contribution is 2.24. The van der Waals surface area contributed by atoms with Gasteiger partial charge in [0.1, 0.15) is 36.2 Å². The highest BCUT2D eigenvalue weighted by molar-refractivity contribution is 5.75. The second kappa shape index (κ2) is 10.2. The van der Waals surface area contributed by atoms with E-state index in [1.165, 1.54) is 0 Å². The zero-order valence-electron chi connectivity index (χ0n) is 16.8. The van der Waals surface area contributed by atoms with Gasteiger partial charge in [0.15, 0.2) is 0 Å². The predicted molar refractivity (Wildman–Crippen MR) is 116 cm³/mol. The van der Waals surface area contributed by atoms with Crippen molar-refractivity contribution in [3.63, 3.8) is 0 Å². The lowest BCUT2D eigenvalue weighted by Crippen LogP contribution is -2.09. The van der Waals surface area contributed by atoms with E-state index in [0.717, 1.165) is 22.6 Å². The van der Waals surface area contributed by atoms with E-state index in [2.05, 4.69) is 6.58 Å². The first-order valence-corrected chi connectivity index (χ1v) is 9.59. The van der Waals surface area contributed by atoms with Gasteiger partial charge in [-0.05, 0) is 66.6 Å². The minimum Gasteiger partial charge on any atom is -0.489 e. The van der Waals surface area contributed by atoms with Crippen molar-refractivity contribution in [2.45, 2.75) is 12.8 Å². The molecule has 0 spiro atoms. The van der Waals surface area contributed by atoms with Gasteiger partial charge in [0.25, 0.3) is 0 Å². The van der Waals surface area contributed by atoms with E-state index in [0.29, 0.717) is 24.7 Å². The normalized spacial score (nSPS) is 11.4. The molecule has 0 radical (unpaired) electrons. The minimum absolute atomic E-state index is 0.309. The lowest BCUT2D eigenvalue weighted by molar-refractivity contribution is -0.138. The monoisotopic (exact) mass is 404 g/mol. The van der Waals surface area contributed by atoms with Crippen LogP contribution in [0.1, 0.15) is 18.4 Å². The zero-order chi connectivity index (χ0) is 21.3. The third kappa shape index (κ3) is 6.14. The average molecular weight is 404 g/mol. The molecule has 1 N–H and O–H groups in total. The molecule has 3 aromatic rings. The van der Waals surface area contributed by atoms with Crippen molar-refractivity contribution in [2.24, 2.45) is 0 Å². The Kier molecular flexibility index (Phi) is 7.11. The Morgan fingerprint density at radius 3 is 1.80 bits per heavy atom. The maximum Gasteiger partial charge on any atom is 0.310 e. The number of ether oxygens (including phenoxy) is 3. The van der Waals surface area contributed by atoms with Gasteiger partial charge in [-0.2, -0.15) is 0 Å². The molecule has 5 heteroatoms. The fourth-order valence-corrected chi connectivity index (χ4v) is 2.64. The van der Waals surface area contributed by atoms with E-state index < -0.39 is 11.9 Å². The predicted octanol–water partition coefficient (Wildman–Crippen LogP) is 5.68. The summed E-state index contributed by atoms with van der Waals surface area (Å²) >= 11 is 0. The molecule has 1 unspecified atom stereocenters. The standard InChI is InChI=1S/C25H24O5/c1-18(16-28-21-10-8-20(9-11-21)19(2)25(26)27)17-29-22-12-14-24(15-13-22)30-23-6-4-3-5-7-23/h3-15,19H,1,16-17H2,2H3,(H,26,27). The summed E-state index contributed by atoms with van der Waals surface area (Å²) in [5, 5.41) is 9.05. The number of carbonyl (C=O) groups is 1. The molecule has 30 heavy (non-hydrogen) atoms. The summed E-state index contributed by atoms with van der Waals surface area (Å²) in [5.41, 5.74) is 1.51. The molecule has 0 fully saturated rings. The van der Waals surface area contributed by atoms with E-state index in [-0.39, 0.29) is 0 Å². The van der Waals surface area contributed by atoms with Crippen LogP contribution in [0.15, 0.2) is 91.0 Å². The molecule has 0 amide bonds. The third-order valence-electron chi connectivity index (χ3n) is 4.44. The molecular weight excluding hydrogens is 380 g/mol. The number of aliphatic carboxylic acids is 1. The smallest absolute Gasteiger partial charge is 0.310 e. The van der Waals surface area contributed by atoms with Crippen LogP contribution in [0.4, 0.5) is 0 Å². The van der Waals surface area contributed by atoms with Gasteiger partial charge in [-0.3, -0.25) is 4.79 Å². The molecule has 0 aliphatic heterocycles. The molecule has 0 saturated heterocycles. The second-order valence-corrected chi connectivity index (χ2v) is 6.84. The van der Waals surface area contributed by atoms with Crippen molar-refractivity contribution >= 4 is 5.97 Å². The van der Waals surface area contributed by atoms with E-state index in [9.17, 15) is 4.79 Å². The van der Waals surface area contributed by atoms with Gasteiger partial charge in [0, 0.05) is 0 Å². The van der Waals surface area contributed by atoms with Crippen LogP contribution in [0.25, 0.3) is 0 Å². The molecule has 0 saturated carbocycles. The van der Waals surface area contributed by atoms with E-state index >= 15 is 0 Å². The molecule has 154 valence electrons. The van der Waals surface area contributed by atoms with E-state index in [1.807, 2.05) is 54.6 Å². The van der Waals surface area contributed by atoms with Crippen LogP contribution >= 0.6 is 0 Å². The topological polar surface area (TPSA) is 65.0 Å². The number of hydrogen-bond donors (Lipinski definition) is 1. The Morgan fingerprint density at radius 1 is 0.800 bits per heavy atom. The Balaban J connectivity index is 1.42. The lowest BCUT2D eigenvalue weighted by atomic mass is 10.0. The van der Waals surface area contributed by atoms with Gasteiger partial charge in [0.05, 0.1) is 5.92 Å². The number of rotatable bonds is 10. The first-order valence-electron chi connectivity index (χ1n) is 9.59. The number of benzene rings is 3. The highest BCUT2D eigenvalue weighted by Gasteiger charge is 2.13. The average Bonchev–Trinajstić information content (AvgIpc) is 2.77. The van der Waals surface area contributed by atoms with Gasteiger partial charge in [-0.25, -0.2) is 0 Å². The summed E-state index contributed by atoms with van der Waals surface area (Å²) in [5.74, 6) is 1.47. The molecule has 0 bridgehead atoms.